The number of hydrogen-bond donors (Lipinski definition) is 4. The van der Waals surface area contributed by atoms with Gasteiger partial charge in [-0.2, -0.15) is 0 Å². The molecule has 1 atom stereocenters. The number of nitrogens with zero attached hydrogens (tertiary/aromatic N) is 1. The lowest BCUT2D eigenvalue weighted by Gasteiger charge is -2.33. The molecule has 2 aliphatic rings. The first-order chi connectivity index (χ1) is 11.2. The number of carbonyl (C=O) groups is 2. The van der Waals surface area contributed by atoms with E-state index in [0.717, 1.165) is 38.9 Å². The van der Waals surface area contributed by atoms with E-state index in [-0.39, 0.29) is 29.7 Å². The predicted molar refractivity (Wildman–Crippen MR) is 89.3 cm³/mol. The Bertz CT molecular complexity index is 542. The zero-order chi connectivity index (χ0) is 16.1. The van der Waals surface area contributed by atoms with Gasteiger partial charge in [0.2, 0.25) is 11.8 Å². The second kappa shape index (κ2) is 7.37. The highest BCUT2D eigenvalue weighted by atomic mass is 32.1. The molecule has 1 spiro atoms. The van der Waals surface area contributed by atoms with Crippen LogP contribution in [-0.4, -0.2) is 49.0 Å². The van der Waals surface area contributed by atoms with Crippen LogP contribution < -0.4 is 21.3 Å². The number of amides is 2. The maximum absolute atomic E-state index is 12.2. The van der Waals surface area contributed by atoms with Crippen molar-refractivity contribution in [3.63, 3.8) is 0 Å². The second-order valence-corrected chi connectivity index (χ2v) is 7.21. The monoisotopic (exact) mass is 337 g/mol. The van der Waals surface area contributed by atoms with Gasteiger partial charge >= 0.3 is 0 Å². The Morgan fingerprint density at radius 3 is 2.96 bits per heavy atom. The Labute approximate surface area is 139 Å². The summed E-state index contributed by atoms with van der Waals surface area (Å²) in [5, 5.41) is 14.7. The van der Waals surface area contributed by atoms with E-state index in [1.165, 1.54) is 11.3 Å². The molecule has 0 bridgehead atoms. The van der Waals surface area contributed by atoms with Crippen LogP contribution in [0, 0.1) is 5.41 Å². The Balaban J connectivity index is 1.37. The van der Waals surface area contributed by atoms with E-state index >= 15 is 0 Å². The molecule has 1 aromatic heterocycles. The molecule has 0 aromatic carbocycles. The summed E-state index contributed by atoms with van der Waals surface area (Å²) in [4.78, 5) is 28.0. The van der Waals surface area contributed by atoms with Gasteiger partial charge in [-0.1, -0.05) is 0 Å². The number of thiazole rings is 1. The van der Waals surface area contributed by atoms with Crippen molar-refractivity contribution >= 4 is 28.3 Å². The van der Waals surface area contributed by atoms with Gasteiger partial charge < -0.3 is 21.3 Å². The standard InChI is InChI=1S/C15H23N5O2S/c21-12(20-14-18-7-8-23-14)1-4-17-13(22)11-9-15(10-19-11)2-5-16-6-3-15/h7-8,11,16,19H,1-6,9-10H2,(H,17,22)(H,18,20,21)/t11-/m0/s1. The lowest BCUT2D eigenvalue weighted by atomic mass is 9.77. The van der Waals surface area contributed by atoms with Crippen LogP contribution in [0.25, 0.3) is 0 Å². The number of rotatable bonds is 5. The summed E-state index contributed by atoms with van der Waals surface area (Å²) in [6, 6.07) is -0.130. The first-order valence-electron chi connectivity index (χ1n) is 8.08. The quantitative estimate of drug-likeness (QED) is 0.621. The molecule has 0 radical (unpaired) electrons. The number of piperidine rings is 1. The molecule has 0 unspecified atom stereocenters. The van der Waals surface area contributed by atoms with Crippen molar-refractivity contribution in [1.82, 2.24) is 20.9 Å². The van der Waals surface area contributed by atoms with Gasteiger partial charge in [0.1, 0.15) is 0 Å². The molecule has 4 N–H and O–H groups in total. The molecule has 1 aromatic rings. The van der Waals surface area contributed by atoms with Gasteiger partial charge in [-0.15, -0.1) is 11.3 Å². The zero-order valence-electron chi connectivity index (χ0n) is 13.1. The molecule has 23 heavy (non-hydrogen) atoms. The Morgan fingerprint density at radius 1 is 1.39 bits per heavy atom. The summed E-state index contributed by atoms with van der Waals surface area (Å²) >= 11 is 1.38. The molecule has 8 heteroatoms. The van der Waals surface area contributed by atoms with Crippen LogP contribution in [0.2, 0.25) is 0 Å². The van der Waals surface area contributed by atoms with E-state index in [9.17, 15) is 9.59 Å². The van der Waals surface area contributed by atoms with Gasteiger partial charge in [0, 0.05) is 31.1 Å². The van der Waals surface area contributed by atoms with Crippen molar-refractivity contribution in [1.29, 1.82) is 0 Å². The average molecular weight is 337 g/mol. The van der Waals surface area contributed by atoms with Crippen molar-refractivity contribution in [2.24, 2.45) is 5.41 Å². The summed E-state index contributed by atoms with van der Waals surface area (Å²) in [7, 11) is 0. The minimum Gasteiger partial charge on any atom is -0.354 e. The fourth-order valence-electron chi connectivity index (χ4n) is 3.33. The smallest absolute Gasteiger partial charge is 0.237 e. The predicted octanol–water partition coefficient (Wildman–Crippen LogP) is 0.320. The van der Waals surface area contributed by atoms with E-state index in [2.05, 4.69) is 26.3 Å². The van der Waals surface area contributed by atoms with Gasteiger partial charge in [0.25, 0.3) is 0 Å². The molecule has 0 aliphatic carbocycles. The Morgan fingerprint density at radius 2 is 2.22 bits per heavy atom. The number of anilines is 1. The van der Waals surface area contributed by atoms with Crippen LogP contribution in [0.1, 0.15) is 25.7 Å². The van der Waals surface area contributed by atoms with Gasteiger partial charge in [0.05, 0.1) is 6.04 Å². The molecule has 126 valence electrons. The second-order valence-electron chi connectivity index (χ2n) is 6.31. The van der Waals surface area contributed by atoms with Crippen LogP contribution in [0.5, 0.6) is 0 Å². The van der Waals surface area contributed by atoms with E-state index in [4.69, 9.17) is 0 Å². The van der Waals surface area contributed by atoms with Crippen LogP contribution in [0.15, 0.2) is 11.6 Å². The fourth-order valence-corrected chi connectivity index (χ4v) is 3.87. The van der Waals surface area contributed by atoms with Gasteiger partial charge in [0.15, 0.2) is 5.13 Å². The van der Waals surface area contributed by atoms with Crippen LogP contribution in [-0.2, 0) is 9.59 Å². The fraction of sp³-hybridized carbons (Fsp3) is 0.667. The summed E-state index contributed by atoms with van der Waals surface area (Å²) in [5.41, 5.74) is 0.273. The summed E-state index contributed by atoms with van der Waals surface area (Å²) < 4.78 is 0. The highest BCUT2D eigenvalue weighted by Crippen LogP contribution is 2.37. The topological polar surface area (TPSA) is 95.2 Å². The third kappa shape index (κ3) is 4.27. The third-order valence-electron chi connectivity index (χ3n) is 4.67. The normalized spacial score (nSPS) is 22.9. The van der Waals surface area contributed by atoms with Crippen LogP contribution in [0.3, 0.4) is 0 Å². The molecule has 2 aliphatic heterocycles. The van der Waals surface area contributed by atoms with Crippen molar-refractivity contribution in [3.05, 3.63) is 11.6 Å². The van der Waals surface area contributed by atoms with Crippen molar-refractivity contribution in [2.45, 2.75) is 31.7 Å². The highest BCUT2D eigenvalue weighted by Gasteiger charge is 2.41. The molecular formula is C15H23N5O2S. The van der Waals surface area contributed by atoms with Crippen LogP contribution >= 0.6 is 11.3 Å². The molecule has 3 rings (SSSR count). The molecule has 7 nitrogen and oxygen atoms in total. The molecule has 3 heterocycles. The molecular weight excluding hydrogens is 314 g/mol. The lowest BCUT2D eigenvalue weighted by molar-refractivity contribution is -0.123. The average Bonchev–Trinajstić information content (AvgIpc) is 3.18. The van der Waals surface area contributed by atoms with Crippen LogP contribution in [0.4, 0.5) is 5.13 Å². The molecule has 0 saturated carbocycles. The minimum atomic E-state index is -0.130. The number of nitrogens with one attached hydrogen (secondary N) is 4. The third-order valence-corrected chi connectivity index (χ3v) is 5.36. The Hall–Kier alpha value is -1.51. The maximum atomic E-state index is 12.2. The van der Waals surface area contributed by atoms with E-state index in [0.29, 0.717) is 11.7 Å². The minimum absolute atomic E-state index is 0.00227. The molecule has 2 fully saturated rings. The van der Waals surface area contributed by atoms with E-state index < -0.39 is 0 Å². The summed E-state index contributed by atoms with van der Waals surface area (Å²) in [6.07, 6.45) is 5.05. The highest BCUT2D eigenvalue weighted by molar-refractivity contribution is 7.13. The number of hydrogen-bond acceptors (Lipinski definition) is 6. The largest absolute Gasteiger partial charge is 0.354 e. The SMILES string of the molecule is O=C(CCNC(=O)[C@@H]1CC2(CCNCC2)CN1)Nc1nccs1. The van der Waals surface area contributed by atoms with Crippen molar-refractivity contribution in [2.75, 3.05) is 31.5 Å². The molecule has 2 saturated heterocycles. The molecule has 2 amide bonds. The van der Waals surface area contributed by atoms with E-state index in [1.54, 1.807) is 11.6 Å². The lowest BCUT2D eigenvalue weighted by Crippen LogP contribution is -2.41. The van der Waals surface area contributed by atoms with E-state index in [1.807, 2.05) is 0 Å². The first-order valence-corrected chi connectivity index (χ1v) is 8.96. The maximum Gasteiger partial charge on any atom is 0.237 e. The number of aromatic nitrogens is 1. The van der Waals surface area contributed by atoms with Gasteiger partial charge in [-0.25, -0.2) is 4.98 Å². The Kier molecular flexibility index (Phi) is 5.24. The zero-order valence-corrected chi connectivity index (χ0v) is 13.9. The van der Waals surface area contributed by atoms with Gasteiger partial charge in [-0.05, 0) is 37.8 Å². The number of carbonyl (C=O) groups excluding carboxylic acids is 2. The van der Waals surface area contributed by atoms with Gasteiger partial charge in [-0.3, -0.25) is 9.59 Å². The van der Waals surface area contributed by atoms with Crippen molar-refractivity contribution < 1.29 is 9.59 Å². The summed E-state index contributed by atoms with van der Waals surface area (Å²) in [5.74, 6) is -0.128. The van der Waals surface area contributed by atoms with Crippen molar-refractivity contribution in [3.8, 4) is 0 Å². The summed E-state index contributed by atoms with van der Waals surface area (Å²) in [6.45, 7) is 3.33. The first kappa shape index (κ1) is 16.4.